The Morgan fingerprint density at radius 3 is 3.00 bits per heavy atom. The summed E-state index contributed by atoms with van der Waals surface area (Å²) in [7, 11) is 0. The van der Waals surface area contributed by atoms with Gasteiger partial charge >= 0.3 is 0 Å². The van der Waals surface area contributed by atoms with Crippen LogP contribution < -0.4 is 0 Å². The maximum absolute atomic E-state index is 8.17. The lowest BCUT2D eigenvalue weighted by Crippen LogP contribution is -2.29. The lowest BCUT2D eigenvalue weighted by Gasteiger charge is -2.21. The summed E-state index contributed by atoms with van der Waals surface area (Å²) < 4.78 is 0. The van der Waals surface area contributed by atoms with Crippen LogP contribution in [-0.4, -0.2) is 28.8 Å². The minimum Gasteiger partial charge on any atom is -0.352 e. The molecule has 1 unspecified atom stereocenters. The number of benzene rings is 1. The van der Waals surface area contributed by atoms with E-state index in [4.69, 9.17) is 5.41 Å². The fraction of sp³-hybridized carbons (Fsp3) is 0.462. The van der Waals surface area contributed by atoms with E-state index in [0.717, 1.165) is 30.4 Å². The zero-order valence-corrected chi connectivity index (χ0v) is 10.1. The molecule has 1 saturated heterocycles. The predicted molar refractivity (Wildman–Crippen MR) is 69.1 cm³/mol. The molecule has 1 fully saturated rings. The Kier molecular flexibility index (Phi) is 2.64. The zero-order valence-electron chi connectivity index (χ0n) is 9.28. The van der Waals surface area contributed by atoms with Crippen molar-refractivity contribution in [3.05, 3.63) is 35.4 Å². The Morgan fingerprint density at radius 1 is 1.38 bits per heavy atom. The fourth-order valence-electron chi connectivity index (χ4n) is 2.54. The van der Waals surface area contributed by atoms with Crippen molar-refractivity contribution in [3.8, 4) is 0 Å². The summed E-state index contributed by atoms with van der Waals surface area (Å²) in [6.45, 7) is 2.01. The van der Waals surface area contributed by atoms with Gasteiger partial charge in [0.15, 0.2) is 0 Å². The molecule has 1 N–H and O–H groups in total. The van der Waals surface area contributed by atoms with Crippen molar-refractivity contribution in [2.75, 3.05) is 18.1 Å². The predicted octanol–water partition coefficient (Wildman–Crippen LogP) is 2.58. The fourth-order valence-corrected chi connectivity index (χ4v) is 3.81. The highest BCUT2D eigenvalue weighted by molar-refractivity contribution is 7.99. The van der Waals surface area contributed by atoms with E-state index < -0.39 is 0 Å². The Balaban J connectivity index is 1.74. The number of amidine groups is 1. The molecule has 3 rings (SSSR count). The van der Waals surface area contributed by atoms with Gasteiger partial charge in [0.2, 0.25) is 0 Å². The molecule has 2 aliphatic heterocycles. The molecule has 0 spiro atoms. The van der Waals surface area contributed by atoms with E-state index in [1.165, 1.54) is 23.5 Å². The lowest BCUT2D eigenvalue weighted by atomic mass is 10.1. The molecule has 0 radical (unpaired) electrons. The summed E-state index contributed by atoms with van der Waals surface area (Å²) in [4.78, 5) is 2.24. The Hall–Kier alpha value is -0.960. The lowest BCUT2D eigenvalue weighted by molar-refractivity contribution is 0.360. The summed E-state index contributed by atoms with van der Waals surface area (Å²) in [5.74, 6) is 4.10. The first kappa shape index (κ1) is 10.2. The first-order valence-electron chi connectivity index (χ1n) is 5.84. The van der Waals surface area contributed by atoms with Gasteiger partial charge in [-0.2, -0.15) is 11.8 Å². The monoisotopic (exact) mass is 232 g/mol. The maximum atomic E-state index is 8.17. The average Bonchev–Trinajstić information content (AvgIpc) is 2.90. The highest BCUT2D eigenvalue weighted by Gasteiger charge is 2.27. The van der Waals surface area contributed by atoms with E-state index in [1.54, 1.807) is 0 Å². The van der Waals surface area contributed by atoms with Crippen LogP contribution in [-0.2, 0) is 6.54 Å². The molecule has 2 aliphatic rings. The van der Waals surface area contributed by atoms with E-state index in [9.17, 15) is 0 Å². The second-order valence-electron chi connectivity index (χ2n) is 4.62. The third-order valence-corrected chi connectivity index (χ3v) is 4.68. The molecule has 84 valence electrons. The van der Waals surface area contributed by atoms with Gasteiger partial charge in [0.05, 0.1) is 0 Å². The van der Waals surface area contributed by atoms with E-state index in [2.05, 4.69) is 34.9 Å². The van der Waals surface area contributed by atoms with Crippen molar-refractivity contribution < 1.29 is 0 Å². The molecule has 2 heterocycles. The van der Waals surface area contributed by atoms with Gasteiger partial charge in [-0.15, -0.1) is 0 Å². The van der Waals surface area contributed by atoms with Gasteiger partial charge in [0.1, 0.15) is 5.84 Å². The van der Waals surface area contributed by atoms with Gasteiger partial charge < -0.3 is 4.90 Å². The molecule has 2 nitrogen and oxygen atoms in total. The summed E-state index contributed by atoms with van der Waals surface area (Å²) in [6.07, 6.45) is 1.32. The van der Waals surface area contributed by atoms with Gasteiger partial charge in [-0.1, -0.05) is 24.3 Å². The van der Waals surface area contributed by atoms with Gasteiger partial charge in [-0.25, -0.2) is 0 Å². The molecule has 3 heteroatoms. The molecule has 1 aromatic rings. The standard InChI is InChI=1S/C13H16N2S/c14-13-12-4-2-1-3-11(12)8-15(13)7-10-5-6-16-9-10/h1-4,10,14H,5-9H2. The largest absolute Gasteiger partial charge is 0.352 e. The average molecular weight is 232 g/mol. The molecule has 0 saturated carbocycles. The molecule has 0 bridgehead atoms. The number of hydrogen-bond acceptors (Lipinski definition) is 2. The van der Waals surface area contributed by atoms with Gasteiger partial charge in [-0.3, -0.25) is 5.41 Å². The summed E-state index contributed by atoms with van der Waals surface area (Å²) in [5, 5.41) is 8.17. The van der Waals surface area contributed by atoms with Crippen LogP contribution >= 0.6 is 11.8 Å². The SMILES string of the molecule is N=C1c2ccccc2CN1CC1CCSC1. The molecule has 0 amide bonds. The molecular formula is C13H16N2S. The van der Waals surface area contributed by atoms with E-state index in [0.29, 0.717) is 0 Å². The third-order valence-electron chi connectivity index (χ3n) is 3.45. The van der Waals surface area contributed by atoms with Crippen LogP contribution in [0.3, 0.4) is 0 Å². The number of hydrogen-bond donors (Lipinski definition) is 1. The van der Waals surface area contributed by atoms with Crippen LogP contribution in [0.15, 0.2) is 24.3 Å². The highest BCUT2D eigenvalue weighted by Crippen LogP contribution is 2.28. The maximum Gasteiger partial charge on any atom is 0.128 e. The number of thioether (sulfide) groups is 1. The van der Waals surface area contributed by atoms with Crippen molar-refractivity contribution in [1.29, 1.82) is 5.41 Å². The molecule has 1 atom stereocenters. The van der Waals surface area contributed by atoms with Crippen LogP contribution in [0.4, 0.5) is 0 Å². The number of nitrogens with zero attached hydrogens (tertiary/aromatic N) is 1. The van der Waals surface area contributed by atoms with Crippen molar-refractivity contribution in [3.63, 3.8) is 0 Å². The van der Waals surface area contributed by atoms with Crippen LogP contribution in [0.5, 0.6) is 0 Å². The van der Waals surface area contributed by atoms with Gasteiger partial charge in [0.25, 0.3) is 0 Å². The van der Waals surface area contributed by atoms with Crippen LogP contribution in [0.1, 0.15) is 17.5 Å². The first-order valence-corrected chi connectivity index (χ1v) is 6.99. The highest BCUT2D eigenvalue weighted by atomic mass is 32.2. The molecular weight excluding hydrogens is 216 g/mol. The summed E-state index contributed by atoms with van der Waals surface area (Å²) >= 11 is 2.05. The van der Waals surface area contributed by atoms with Crippen molar-refractivity contribution in [1.82, 2.24) is 4.90 Å². The molecule has 0 aliphatic carbocycles. The normalized spacial score (nSPS) is 23.9. The van der Waals surface area contributed by atoms with E-state index in [-0.39, 0.29) is 0 Å². The van der Waals surface area contributed by atoms with Crippen molar-refractivity contribution in [2.45, 2.75) is 13.0 Å². The Bertz CT molecular complexity index is 410. The van der Waals surface area contributed by atoms with Crippen LogP contribution in [0.25, 0.3) is 0 Å². The quantitative estimate of drug-likeness (QED) is 0.848. The Labute approximate surface area is 101 Å². The van der Waals surface area contributed by atoms with Crippen molar-refractivity contribution in [2.24, 2.45) is 5.92 Å². The minimum atomic E-state index is 0.729. The van der Waals surface area contributed by atoms with Crippen LogP contribution in [0.2, 0.25) is 0 Å². The van der Waals surface area contributed by atoms with Crippen molar-refractivity contribution >= 4 is 17.6 Å². The smallest absolute Gasteiger partial charge is 0.128 e. The second-order valence-corrected chi connectivity index (χ2v) is 5.77. The third kappa shape index (κ3) is 1.73. The summed E-state index contributed by atoms with van der Waals surface area (Å²) in [5.41, 5.74) is 2.45. The van der Waals surface area contributed by atoms with Gasteiger partial charge in [-0.05, 0) is 29.4 Å². The van der Waals surface area contributed by atoms with Gasteiger partial charge in [0, 0.05) is 18.7 Å². The Morgan fingerprint density at radius 2 is 2.25 bits per heavy atom. The topological polar surface area (TPSA) is 27.1 Å². The number of nitrogens with one attached hydrogen (secondary N) is 1. The molecule has 1 aromatic carbocycles. The number of fused-ring (bicyclic) bond motifs is 1. The summed E-state index contributed by atoms with van der Waals surface area (Å²) in [6, 6.07) is 8.32. The van der Waals surface area contributed by atoms with E-state index >= 15 is 0 Å². The zero-order chi connectivity index (χ0) is 11.0. The molecule has 16 heavy (non-hydrogen) atoms. The molecule has 0 aromatic heterocycles. The second kappa shape index (κ2) is 4.13. The minimum absolute atomic E-state index is 0.729. The number of rotatable bonds is 2. The van der Waals surface area contributed by atoms with Crippen LogP contribution in [0, 0.1) is 11.3 Å². The van der Waals surface area contributed by atoms with E-state index in [1.807, 2.05) is 6.07 Å². The first-order chi connectivity index (χ1) is 7.84.